The lowest BCUT2D eigenvalue weighted by Crippen LogP contribution is -2.64. The minimum absolute atomic E-state index is 0.00792. The highest BCUT2D eigenvalue weighted by Crippen LogP contribution is 2.22. The van der Waals surface area contributed by atoms with Crippen LogP contribution in [0, 0.1) is 0 Å². The van der Waals surface area contributed by atoms with E-state index in [2.05, 4.69) is 21.3 Å². The average molecular weight is 681 g/mol. The van der Waals surface area contributed by atoms with Crippen LogP contribution in [-0.4, -0.2) is 148 Å². The molecule has 1 saturated heterocycles. The highest BCUT2D eigenvalue weighted by Gasteiger charge is 2.45. The van der Waals surface area contributed by atoms with Gasteiger partial charge in [0.2, 0.25) is 29.5 Å². The minimum Gasteiger partial charge on any atom is -0.394 e. The first kappa shape index (κ1) is 42.0. The lowest BCUT2D eigenvalue weighted by molar-refractivity contribution is -0.269. The van der Waals surface area contributed by atoms with Crippen LogP contribution in [0.25, 0.3) is 0 Å². The highest BCUT2D eigenvalue weighted by atomic mass is 16.7. The molecule has 1 fully saturated rings. The van der Waals surface area contributed by atoms with Crippen molar-refractivity contribution in [2.75, 3.05) is 72.5 Å². The van der Waals surface area contributed by atoms with Gasteiger partial charge in [0.05, 0.1) is 39.6 Å². The number of ether oxygens (including phenoxy) is 5. The lowest BCUT2D eigenvalue weighted by atomic mass is 9.97. The van der Waals surface area contributed by atoms with Crippen molar-refractivity contribution in [1.29, 1.82) is 0 Å². The van der Waals surface area contributed by atoms with Gasteiger partial charge in [-0.3, -0.25) is 29.4 Å². The molecule has 0 aromatic heterocycles. The number of nitrogens with one attached hydrogen (secondary N) is 5. The van der Waals surface area contributed by atoms with Crippen LogP contribution in [0.2, 0.25) is 0 Å². The van der Waals surface area contributed by atoms with Gasteiger partial charge < -0.3 is 60.3 Å². The summed E-state index contributed by atoms with van der Waals surface area (Å²) in [6.07, 6.45) is -3.84. The van der Waals surface area contributed by atoms with E-state index < -0.39 is 49.1 Å². The highest BCUT2D eigenvalue weighted by molar-refractivity contribution is 5.84. The predicted molar refractivity (Wildman–Crippen MR) is 163 cm³/mol. The summed E-state index contributed by atoms with van der Waals surface area (Å²) in [5, 5.41) is 40.1. The zero-order valence-corrected chi connectivity index (χ0v) is 26.9. The van der Waals surface area contributed by atoms with Gasteiger partial charge in [0.1, 0.15) is 24.4 Å². The maximum absolute atomic E-state index is 12.1. The topological polar surface area (TPSA) is 278 Å². The monoisotopic (exact) mass is 680 g/mol. The molecule has 10 N–H and O–H groups in total. The number of aliphatic hydroxyl groups is 3. The summed E-state index contributed by atoms with van der Waals surface area (Å²) in [5.74, 6) is 3.20. The normalized spacial score (nSPS) is 20.7. The Morgan fingerprint density at radius 1 is 0.681 bits per heavy atom. The quantitative estimate of drug-likeness (QED) is 0.0181. The van der Waals surface area contributed by atoms with E-state index in [0.717, 1.165) is 0 Å². The Morgan fingerprint density at radius 2 is 1.15 bits per heavy atom. The molecular formula is C28H52N6O13. The number of hydrazine groups is 1. The second kappa shape index (κ2) is 26.0. The molecule has 1 rings (SSSR count). The Morgan fingerprint density at radius 3 is 1.62 bits per heavy atom. The van der Waals surface area contributed by atoms with Crippen LogP contribution in [-0.2, 0) is 47.7 Å². The van der Waals surface area contributed by atoms with E-state index in [0.29, 0.717) is 65.6 Å². The molecular weight excluding hydrogens is 628 g/mol. The van der Waals surface area contributed by atoms with Crippen LogP contribution in [0.5, 0.6) is 0 Å². The fraction of sp³-hybridized carbons (Fsp3) is 0.821. The van der Waals surface area contributed by atoms with Crippen molar-refractivity contribution < 1.29 is 63.0 Å². The fourth-order valence-corrected chi connectivity index (χ4v) is 4.12. The molecule has 0 saturated carbocycles. The molecule has 0 radical (unpaired) electrons. The summed E-state index contributed by atoms with van der Waals surface area (Å²) in [4.78, 5) is 58.0. The number of rotatable bonds is 26. The maximum Gasteiger partial charge on any atom is 0.234 e. The van der Waals surface area contributed by atoms with Gasteiger partial charge in [-0.1, -0.05) is 0 Å². The number of hydrogen-bond donors (Lipinski definition) is 9. The summed E-state index contributed by atoms with van der Waals surface area (Å²) in [6, 6.07) is -1.08. The summed E-state index contributed by atoms with van der Waals surface area (Å²) in [7, 11) is 0. The van der Waals surface area contributed by atoms with Gasteiger partial charge in [0.15, 0.2) is 6.29 Å². The molecule has 1 heterocycles. The number of aliphatic hydroxyl groups excluding tert-OH is 3. The maximum atomic E-state index is 12.1. The van der Waals surface area contributed by atoms with Gasteiger partial charge >= 0.3 is 0 Å². The molecule has 0 bridgehead atoms. The third kappa shape index (κ3) is 20.1. The molecule has 0 aliphatic carbocycles. The summed E-state index contributed by atoms with van der Waals surface area (Å²) in [6.45, 7) is 3.95. The second-order valence-corrected chi connectivity index (χ2v) is 10.5. The molecule has 5 atom stereocenters. The fourth-order valence-electron chi connectivity index (χ4n) is 4.12. The first-order chi connectivity index (χ1) is 22.6. The van der Waals surface area contributed by atoms with Gasteiger partial charge in [0.25, 0.3) is 0 Å². The molecule has 19 heteroatoms. The van der Waals surface area contributed by atoms with Crippen molar-refractivity contribution in [3.8, 4) is 0 Å². The molecule has 5 amide bonds. The van der Waals surface area contributed by atoms with Crippen molar-refractivity contribution in [2.24, 2.45) is 5.84 Å². The van der Waals surface area contributed by atoms with Crippen molar-refractivity contribution in [1.82, 2.24) is 26.7 Å². The van der Waals surface area contributed by atoms with E-state index in [9.17, 15) is 39.3 Å². The molecule has 47 heavy (non-hydrogen) atoms. The standard InChI is InChI=1S/C28H52N6O13/c1-19(36)33-25-27(42)26(41)20(18-35)47-28(25)46-13-10-32-23(39)5-4-21(37)30-8-2-11-43-14-16-45-17-15-44-12-3-9-31-22(38)6-7-24(40)34-29/h20,25-28,35,41-42H,2-18,29H2,1H3,(H,30,37)(H,31,38)(H,32,39)(H,33,36)(H,34,40)/t20-,25-,26+,27-,28+/m1/s1. The first-order valence-electron chi connectivity index (χ1n) is 15.6. The number of hydrogen-bond acceptors (Lipinski definition) is 14. The van der Waals surface area contributed by atoms with E-state index in [1.807, 2.05) is 5.43 Å². The number of carbonyl (C=O) groups excluding carboxylic acids is 5. The Bertz CT molecular complexity index is 931. The number of nitrogens with two attached hydrogens (primary N) is 1. The first-order valence-corrected chi connectivity index (χ1v) is 15.6. The molecule has 0 aromatic rings. The Labute approximate surface area is 273 Å². The van der Waals surface area contributed by atoms with Gasteiger partial charge in [0, 0.05) is 65.5 Å². The van der Waals surface area contributed by atoms with Gasteiger partial charge in [-0.15, -0.1) is 0 Å². The molecule has 1 aliphatic rings. The smallest absolute Gasteiger partial charge is 0.234 e. The minimum atomic E-state index is -1.43. The van der Waals surface area contributed by atoms with Crippen LogP contribution >= 0.6 is 0 Å². The van der Waals surface area contributed by atoms with Gasteiger partial charge in [-0.05, 0) is 12.8 Å². The third-order valence-corrected chi connectivity index (χ3v) is 6.60. The van der Waals surface area contributed by atoms with Crippen molar-refractivity contribution in [3.63, 3.8) is 0 Å². The molecule has 0 unspecified atom stereocenters. The Balaban J connectivity index is 1.96. The second-order valence-electron chi connectivity index (χ2n) is 10.5. The van der Waals surface area contributed by atoms with Crippen molar-refractivity contribution >= 4 is 29.5 Å². The molecule has 19 nitrogen and oxygen atoms in total. The number of carbonyl (C=O) groups is 5. The zero-order chi connectivity index (χ0) is 34.9. The van der Waals surface area contributed by atoms with Crippen molar-refractivity contribution in [2.45, 2.75) is 76.1 Å². The van der Waals surface area contributed by atoms with E-state index in [-0.39, 0.29) is 56.6 Å². The van der Waals surface area contributed by atoms with Crippen LogP contribution in [0.15, 0.2) is 0 Å². The van der Waals surface area contributed by atoms with E-state index in [1.165, 1.54) is 6.92 Å². The lowest BCUT2D eigenvalue weighted by Gasteiger charge is -2.42. The number of amides is 5. The van der Waals surface area contributed by atoms with Crippen molar-refractivity contribution in [3.05, 3.63) is 0 Å². The Kier molecular flexibility index (Phi) is 23.2. The largest absolute Gasteiger partial charge is 0.394 e. The average Bonchev–Trinajstić information content (AvgIpc) is 3.05. The Hall–Kier alpha value is -3.01. The van der Waals surface area contributed by atoms with Gasteiger partial charge in [-0.25, -0.2) is 5.84 Å². The molecule has 1 aliphatic heterocycles. The van der Waals surface area contributed by atoms with Crippen LogP contribution in [0.4, 0.5) is 0 Å². The third-order valence-electron chi connectivity index (χ3n) is 6.60. The molecule has 0 aromatic carbocycles. The SMILES string of the molecule is CC(=O)N[C@H]1[C@@H](OCCNC(=O)CCC(=O)NCCCOCCOCCOCCCNC(=O)CCC(=O)NN)O[C@H](CO)[C@H](O)[C@@H]1O. The summed E-state index contributed by atoms with van der Waals surface area (Å²) < 4.78 is 27.2. The van der Waals surface area contributed by atoms with Gasteiger partial charge in [-0.2, -0.15) is 0 Å². The van der Waals surface area contributed by atoms with E-state index in [1.54, 1.807) is 0 Å². The van der Waals surface area contributed by atoms with Crippen LogP contribution in [0.1, 0.15) is 45.4 Å². The molecule has 0 spiro atoms. The molecule has 272 valence electrons. The summed E-state index contributed by atoms with van der Waals surface area (Å²) >= 11 is 0. The van der Waals surface area contributed by atoms with Crippen LogP contribution in [0.3, 0.4) is 0 Å². The van der Waals surface area contributed by atoms with E-state index >= 15 is 0 Å². The van der Waals surface area contributed by atoms with E-state index in [4.69, 9.17) is 29.5 Å². The van der Waals surface area contributed by atoms with Crippen LogP contribution < -0.4 is 32.5 Å². The predicted octanol–water partition coefficient (Wildman–Crippen LogP) is -4.32. The summed E-state index contributed by atoms with van der Waals surface area (Å²) in [5.41, 5.74) is 1.96. The zero-order valence-electron chi connectivity index (χ0n) is 26.9.